The lowest BCUT2D eigenvalue weighted by Crippen LogP contribution is -2.61. The lowest BCUT2D eigenvalue weighted by Gasteiger charge is -2.46. The van der Waals surface area contributed by atoms with Crippen molar-refractivity contribution in [2.24, 2.45) is 0 Å². The number of para-hydroxylation sites is 5. The number of benzene rings is 6. The molecular weight excluding hydrogens is 513 g/mol. The van der Waals surface area contributed by atoms with E-state index >= 15 is 0 Å². The fraction of sp³-hybridized carbons (Fsp3) is 0. The molecule has 0 fully saturated rings. The molecule has 0 saturated carbocycles. The number of fused-ring (bicyclic) bond motifs is 6. The minimum Gasteiger partial charge on any atom is -0.453 e. The highest BCUT2D eigenvalue weighted by Crippen LogP contribution is 2.53. The van der Waals surface area contributed by atoms with E-state index in [1.807, 2.05) is 30.3 Å². The number of rotatable bonds is 2. The molecule has 0 saturated heterocycles. The zero-order valence-corrected chi connectivity index (χ0v) is 22.5. The van der Waals surface area contributed by atoms with Gasteiger partial charge in [-0.2, -0.15) is 0 Å². The van der Waals surface area contributed by atoms with Crippen molar-refractivity contribution in [1.82, 2.24) is 0 Å². The molecule has 9 rings (SSSR count). The van der Waals surface area contributed by atoms with Gasteiger partial charge in [0.05, 0.1) is 17.9 Å². The molecule has 42 heavy (non-hydrogen) atoms. The SMILES string of the molecule is [C-]#[N+]c1cccc(-c2cc3c4c(c2)N2c5ccccc5Oc5cccc(c52)B4c2ccccc2N3c2ccccc2)c1. The second-order valence-electron chi connectivity index (χ2n) is 10.9. The molecular formula is C37H22BN3O. The van der Waals surface area contributed by atoms with Gasteiger partial charge in [0, 0.05) is 22.7 Å². The molecule has 3 heterocycles. The maximum absolute atomic E-state index is 7.64. The van der Waals surface area contributed by atoms with E-state index < -0.39 is 0 Å². The Hall–Kier alpha value is -5.73. The summed E-state index contributed by atoms with van der Waals surface area (Å²) < 4.78 is 6.52. The lowest BCUT2D eigenvalue weighted by atomic mass is 9.33. The lowest BCUT2D eigenvalue weighted by molar-refractivity contribution is 0.477. The molecule has 0 unspecified atom stereocenters. The van der Waals surface area contributed by atoms with E-state index in [0.29, 0.717) is 5.69 Å². The van der Waals surface area contributed by atoms with Crippen LogP contribution in [0.4, 0.5) is 39.8 Å². The highest BCUT2D eigenvalue weighted by Gasteiger charge is 2.45. The van der Waals surface area contributed by atoms with Crippen LogP contribution in [-0.4, -0.2) is 6.71 Å². The first kappa shape index (κ1) is 23.0. The number of nitrogens with zero attached hydrogens (tertiary/aromatic N) is 3. The van der Waals surface area contributed by atoms with Crippen LogP contribution in [0.1, 0.15) is 0 Å². The standard InChI is InChI=1S/C37H22BN3O/c1-39-26-12-9-11-24(21-26)25-22-32-36-33(23-25)41-31-18-7-8-19-34(31)42-35-20-10-16-29(37(35)41)38(36)28-15-5-6-17-30(28)40(32)27-13-3-2-4-14-27/h2-23H. The molecule has 0 atom stereocenters. The highest BCUT2D eigenvalue weighted by atomic mass is 16.5. The second kappa shape index (κ2) is 8.64. The van der Waals surface area contributed by atoms with Gasteiger partial charge in [-0.15, -0.1) is 0 Å². The molecule has 0 bridgehead atoms. The van der Waals surface area contributed by atoms with Crippen LogP contribution >= 0.6 is 0 Å². The van der Waals surface area contributed by atoms with Crippen LogP contribution in [0.25, 0.3) is 16.0 Å². The van der Waals surface area contributed by atoms with Crippen molar-refractivity contribution in [3.8, 4) is 22.6 Å². The summed E-state index contributed by atoms with van der Waals surface area (Å²) in [6, 6.07) is 46.6. The Kier molecular flexibility index (Phi) is 4.73. The molecule has 6 aromatic rings. The zero-order chi connectivity index (χ0) is 27.8. The maximum Gasteiger partial charge on any atom is 0.252 e. The number of ether oxygens (including phenoxy) is 1. The molecule has 0 spiro atoms. The molecule has 0 aliphatic carbocycles. The van der Waals surface area contributed by atoms with Gasteiger partial charge in [0.2, 0.25) is 0 Å². The summed E-state index contributed by atoms with van der Waals surface area (Å²) in [6.07, 6.45) is 0. The van der Waals surface area contributed by atoms with Gasteiger partial charge in [-0.05, 0) is 82.1 Å². The zero-order valence-electron chi connectivity index (χ0n) is 22.5. The van der Waals surface area contributed by atoms with Gasteiger partial charge in [-0.1, -0.05) is 78.9 Å². The van der Waals surface area contributed by atoms with Crippen LogP contribution in [0, 0.1) is 6.57 Å². The van der Waals surface area contributed by atoms with Crippen molar-refractivity contribution >= 4 is 62.9 Å². The number of hydrogen-bond donors (Lipinski definition) is 0. The van der Waals surface area contributed by atoms with Crippen LogP contribution < -0.4 is 30.9 Å². The van der Waals surface area contributed by atoms with Crippen molar-refractivity contribution in [2.75, 3.05) is 9.80 Å². The normalized spacial score (nSPS) is 13.3. The summed E-state index contributed by atoms with van der Waals surface area (Å²) in [5.41, 5.74) is 13.2. The predicted octanol–water partition coefficient (Wildman–Crippen LogP) is 8.09. The Bertz CT molecular complexity index is 2120. The van der Waals surface area contributed by atoms with Crippen molar-refractivity contribution in [3.63, 3.8) is 0 Å². The van der Waals surface area contributed by atoms with Crippen LogP contribution in [-0.2, 0) is 0 Å². The molecule has 0 radical (unpaired) electrons. The molecule has 194 valence electrons. The fourth-order valence-electron chi connectivity index (χ4n) is 6.92. The van der Waals surface area contributed by atoms with Gasteiger partial charge in [0.1, 0.15) is 0 Å². The number of hydrogen-bond acceptors (Lipinski definition) is 3. The summed E-state index contributed by atoms with van der Waals surface area (Å²) in [4.78, 5) is 8.51. The van der Waals surface area contributed by atoms with Gasteiger partial charge in [-0.3, -0.25) is 0 Å². The Balaban J connectivity index is 1.43. The first-order valence-corrected chi connectivity index (χ1v) is 14.1. The summed E-state index contributed by atoms with van der Waals surface area (Å²) >= 11 is 0. The van der Waals surface area contributed by atoms with Gasteiger partial charge < -0.3 is 14.5 Å². The molecule has 3 aliphatic heterocycles. The fourth-order valence-corrected chi connectivity index (χ4v) is 6.92. The van der Waals surface area contributed by atoms with Gasteiger partial charge in [0.25, 0.3) is 6.71 Å². The van der Waals surface area contributed by atoms with Crippen molar-refractivity contribution in [2.45, 2.75) is 0 Å². The predicted molar refractivity (Wildman–Crippen MR) is 172 cm³/mol. The largest absolute Gasteiger partial charge is 0.453 e. The summed E-state index contributed by atoms with van der Waals surface area (Å²) in [5.74, 6) is 1.70. The maximum atomic E-state index is 7.64. The van der Waals surface area contributed by atoms with Gasteiger partial charge in [0.15, 0.2) is 17.2 Å². The topological polar surface area (TPSA) is 20.1 Å². The summed E-state index contributed by atoms with van der Waals surface area (Å²) in [5, 5.41) is 0. The molecule has 0 aromatic heterocycles. The molecule has 0 N–H and O–H groups in total. The van der Waals surface area contributed by atoms with Crippen molar-refractivity contribution < 1.29 is 4.74 Å². The third-order valence-corrected chi connectivity index (χ3v) is 8.61. The summed E-state index contributed by atoms with van der Waals surface area (Å²) in [7, 11) is 0. The minimum absolute atomic E-state index is 0.0369. The smallest absolute Gasteiger partial charge is 0.252 e. The minimum atomic E-state index is 0.0369. The molecule has 0 amide bonds. The Morgan fingerprint density at radius 2 is 1.24 bits per heavy atom. The average molecular weight is 535 g/mol. The van der Waals surface area contributed by atoms with E-state index in [1.165, 1.54) is 22.1 Å². The van der Waals surface area contributed by atoms with E-state index in [2.05, 4.69) is 118 Å². The molecule has 6 aromatic carbocycles. The third kappa shape index (κ3) is 3.12. The van der Waals surface area contributed by atoms with E-state index in [0.717, 1.165) is 51.1 Å². The average Bonchev–Trinajstić information content (AvgIpc) is 3.06. The van der Waals surface area contributed by atoms with Crippen LogP contribution in [0.2, 0.25) is 0 Å². The van der Waals surface area contributed by atoms with E-state index in [4.69, 9.17) is 11.3 Å². The monoisotopic (exact) mass is 535 g/mol. The highest BCUT2D eigenvalue weighted by molar-refractivity contribution is 7.00. The van der Waals surface area contributed by atoms with E-state index in [9.17, 15) is 0 Å². The quantitative estimate of drug-likeness (QED) is 0.165. The van der Waals surface area contributed by atoms with Gasteiger partial charge in [-0.25, -0.2) is 4.85 Å². The Morgan fingerprint density at radius 1 is 0.548 bits per heavy atom. The first-order valence-electron chi connectivity index (χ1n) is 14.1. The van der Waals surface area contributed by atoms with Crippen molar-refractivity contribution in [1.29, 1.82) is 0 Å². The van der Waals surface area contributed by atoms with E-state index in [1.54, 1.807) is 0 Å². The van der Waals surface area contributed by atoms with Crippen molar-refractivity contribution in [3.05, 3.63) is 145 Å². The first-order chi connectivity index (χ1) is 20.8. The molecule has 5 heteroatoms. The van der Waals surface area contributed by atoms with E-state index in [-0.39, 0.29) is 6.71 Å². The molecule has 4 nitrogen and oxygen atoms in total. The van der Waals surface area contributed by atoms with Crippen LogP contribution in [0.15, 0.2) is 133 Å². The van der Waals surface area contributed by atoms with Crippen LogP contribution in [0.5, 0.6) is 11.5 Å². The summed E-state index contributed by atoms with van der Waals surface area (Å²) in [6.45, 7) is 7.68. The second-order valence-corrected chi connectivity index (χ2v) is 10.9. The Morgan fingerprint density at radius 3 is 2.10 bits per heavy atom. The molecule has 3 aliphatic rings. The third-order valence-electron chi connectivity index (χ3n) is 8.61. The van der Waals surface area contributed by atoms with Crippen LogP contribution in [0.3, 0.4) is 0 Å². The number of anilines is 6. The van der Waals surface area contributed by atoms with Gasteiger partial charge >= 0.3 is 0 Å². The Labute approximate surface area is 244 Å².